The molecular formula is C18H22ClFN4O. The second kappa shape index (κ2) is 7.14. The highest BCUT2D eigenvalue weighted by atomic mass is 35.5. The molecule has 1 aromatic heterocycles. The zero-order valence-electron chi connectivity index (χ0n) is 14.1. The van der Waals surface area contributed by atoms with Gasteiger partial charge in [0, 0.05) is 30.8 Å². The third kappa shape index (κ3) is 3.16. The van der Waals surface area contributed by atoms with Crippen molar-refractivity contribution in [3.63, 3.8) is 0 Å². The second-order valence-corrected chi connectivity index (χ2v) is 6.73. The lowest BCUT2D eigenvalue weighted by Crippen LogP contribution is -2.36. The van der Waals surface area contributed by atoms with Crippen LogP contribution >= 0.6 is 12.4 Å². The van der Waals surface area contributed by atoms with Gasteiger partial charge in [0.1, 0.15) is 5.82 Å². The number of nitrogens with one attached hydrogen (secondary N) is 3. The van der Waals surface area contributed by atoms with E-state index >= 15 is 0 Å². The molecule has 4 rings (SSSR count). The molecule has 0 spiro atoms. The minimum absolute atomic E-state index is 0. The summed E-state index contributed by atoms with van der Waals surface area (Å²) in [4.78, 5) is 12.8. The number of hydrogen-bond acceptors (Lipinski definition) is 3. The number of carbonyl (C=O) groups is 1. The van der Waals surface area contributed by atoms with Crippen molar-refractivity contribution in [2.45, 2.75) is 38.8 Å². The van der Waals surface area contributed by atoms with Crippen LogP contribution in [0.4, 0.5) is 4.39 Å². The fourth-order valence-corrected chi connectivity index (χ4v) is 3.82. The fraction of sp³-hybridized carbons (Fsp3) is 0.444. The van der Waals surface area contributed by atoms with Crippen molar-refractivity contribution < 1.29 is 9.18 Å². The Hall–Kier alpha value is -1.92. The van der Waals surface area contributed by atoms with Crippen LogP contribution in [-0.2, 0) is 19.4 Å². The van der Waals surface area contributed by atoms with Gasteiger partial charge in [0.05, 0.1) is 6.04 Å². The maximum absolute atomic E-state index is 14.1. The lowest BCUT2D eigenvalue weighted by atomic mass is 9.80. The molecule has 3 N–H and O–H groups in total. The number of halogens is 2. The number of carbonyl (C=O) groups excluding carboxylic acids is 1. The van der Waals surface area contributed by atoms with Gasteiger partial charge < -0.3 is 10.6 Å². The summed E-state index contributed by atoms with van der Waals surface area (Å²) in [6.45, 7) is 3.64. The summed E-state index contributed by atoms with van der Waals surface area (Å²) in [6.07, 6.45) is 2.43. The first-order chi connectivity index (χ1) is 11.6. The molecular weight excluding hydrogens is 343 g/mol. The van der Waals surface area contributed by atoms with Gasteiger partial charge in [0.15, 0.2) is 5.69 Å². The fourth-order valence-electron chi connectivity index (χ4n) is 3.82. The van der Waals surface area contributed by atoms with Gasteiger partial charge >= 0.3 is 0 Å². The lowest BCUT2D eigenvalue weighted by Gasteiger charge is -2.32. The topological polar surface area (TPSA) is 69.8 Å². The predicted molar refractivity (Wildman–Crippen MR) is 95.3 cm³/mol. The Morgan fingerprint density at radius 2 is 2.16 bits per heavy atom. The molecule has 2 aromatic rings. The Labute approximate surface area is 152 Å². The Bertz CT molecular complexity index is 791. The van der Waals surface area contributed by atoms with Crippen molar-refractivity contribution >= 4 is 18.3 Å². The average Bonchev–Trinajstić information content (AvgIpc) is 3.02. The quantitative estimate of drug-likeness (QED) is 0.767. The average molecular weight is 365 g/mol. The van der Waals surface area contributed by atoms with Crippen LogP contribution in [0.15, 0.2) is 18.2 Å². The highest BCUT2D eigenvalue weighted by molar-refractivity contribution is 5.94. The normalized spacial score (nSPS) is 21.7. The Balaban J connectivity index is 0.00000182. The van der Waals surface area contributed by atoms with Gasteiger partial charge in [-0.05, 0) is 36.0 Å². The number of fused-ring (bicyclic) bond motifs is 2. The molecule has 0 saturated carbocycles. The SMILES string of the molecule is CC1CCc2c(F)cccc2C1NC(=O)c1n[nH]c2c1CNCC2.Cl. The van der Waals surface area contributed by atoms with Crippen LogP contribution in [0.25, 0.3) is 0 Å². The van der Waals surface area contributed by atoms with Crippen LogP contribution in [0.3, 0.4) is 0 Å². The number of hydrogen-bond donors (Lipinski definition) is 3. The van der Waals surface area contributed by atoms with Crippen molar-refractivity contribution in [2.75, 3.05) is 6.54 Å². The summed E-state index contributed by atoms with van der Waals surface area (Å²) < 4.78 is 14.1. The van der Waals surface area contributed by atoms with E-state index in [4.69, 9.17) is 0 Å². The summed E-state index contributed by atoms with van der Waals surface area (Å²) in [5.41, 5.74) is 4.05. The summed E-state index contributed by atoms with van der Waals surface area (Å²) in [7, 11) is 0. The molecule has 1 aliphatic heterocycles. The smallest absolute Gasteiger partial charge is 0.272 e. The first kappa shape index (κ1) is 17.9. The van der Waals surface area contributed by atoms with Crippen molar-refractivity contribution in [2.24, 2.45) is 5.92 Å². The summed E-state index contributed by atoms with van der Waals surface area (Å²) >= 11 is 0. The van der Waals surface area contributed by atoms with E-state index in [-0.39, 0.29) is 36.1 Å². The van der Waals surface area contributed by atoms with Crippen molar-refractivity contribution in [3.8, 4) is 0 Å². The molecule has 2 aliphatic rings. The first-order valence-electron chi connectivity index (χ1n) is 8.50. The molecule has 25 heavy (non-hydrogen) atoms. The number of H-pyrrole nitrogens is 1. The highest BCUT2D eigenvalue weighted by Gasteiger charge is 2.31. The van der Waals surface area contributed by atoms with E-state index in [9.17, 15) is 9.18 Å². The molecule has 1 aromatic carbocycles. The number of aromatic nitrogens is 2. The molecule has 0 bridgehead atoms. The number of amides is 1. The molecule has 0 radical (unpaired) electrons. The van der Waals surface area contributed by atoms with Gasteiger partial charge in [0.2, 0.25) is 0 Å². The molecule has 5 nitrogen and oxygen atoms in total. The van der Waals surface area contributed by atoms with Gasteiger partial charge in [-0.1, -0.05) is 19.1 Å². The summed E-state index contributed by atoms with van der Waals surface area (Å²) in [6, 6.07) is 4.94. The van der Waals surface area contributed by atoms with Crippen LogP contribution in [-0.4, -0.2) is 22.6 Å². The van der Waals surface area contributed by atoms with Gasteiger partial charge in [-0.15, -0.1) is 12.4 Å². The van der Waals surface area contributed by atoms with Gasteiger partial charge in [-0.2, -0.15) is 5.10 Å². The Kier molecular flexibility index (Phi) is 5.11. The van der Waals surface area contributed by atoms with Gasteiger partial charge in [-0.25, -0.2) is 4.39 Å². The maximum Gasteiger partial charge on any atom is 0.272 e. The van der Waals surface area contributed by atoms with E-state index in [1.54, 1.807) is 6.07 Å². The zero-order chi connectivity index (χ0) is 16.7. The molecule has 1 aliphatic carbocycles. The molecule has 0 fully saturated rings. The molecule has 2 atom stereocenters. The monoisotopic (exact) mass is 364 g/mol. The zero-order valence-corrected chi connectivity index (χ0v) is 14.9. The standard InChI is InChI=1S/C18H21FN4O.ClH/c1-10-5-6-11-12(3-2-4-14(11)19)16(10)21-18(24)17-13-9-20-8-7-15(13)22-23-17;/h2-4,10,16,20H,5-9H2,1H3,(H,21,24)(H,22,23);1H. The molecule has 2 unspecified atom stereocenters. The number of nitrogens with zero attached hydrogens (tertiary/aromatic N) is 1. The third-order valence-corrected chi connectivity index (χ3v) is 5.22. The molecule has 7 heteroatoms. The summed E-state index contributed by atoms with van der Waals surface area (Å²) in [5.74, 6) is -0.110. The number of rotatable bonds is 2. The number of aromatic amines is 1. The van der Waals surface area contributed by atoms with Crippen molar-refractivity contribution in [1.29, 1.82) is 0 Å². The third-order valence-electron chi connectivity index (χ3n) is 5.22. The second-order valence-electron chi connectivity index (χ2n) is 6.73. The van der Waals surface area contributed by atoms with Crippen LogP contribution in [0, 0.1) is 11.7 Å². The highest BCUT2D eigenvalue weighted by Crippen LogP contribution is 2.35. The van der Waals surface area contributed by atoms with Crippen LogP contribution < -0.4 is 10.6 Å². The minimum atomic E-state index is -0.190. The van der Waals surface area contributed by atoms with Crippen LogP contribution in [0.2, 0.25) is 0 Å². The van der Waals surface area contributed by atoms with Crippen molar-refractivity contribution in [3.05, 3.63) is 52.1 Å². The molecule has 134 valence electrons. The van der Waals surface area contributed by atoms with E-state index < -0.39 is 0 Å². The van der Waals surface area contributed by atoms with E-state index in [0.717, 1.165) is 48.2 Å². The maximum atomic E-state index is 14.1. The first-order valence-corrected chi connectivity index (χ1v) is 8.50. The van der Waals surface area contributed by atoms with E-state index in [0.29, 0.717) is 12.2 Å². The molecule has 1 amide bonds. The van der Waals surface area contributed by atoms with Crippen LogP contribution in [0.1, 0.15) is 52.3 Å². The molecule has 0 saturated heterocycles. The van der Waals surface area contributed by atoms with Gasteiger partial charge in [-0.3, -0.25) is 9.89 Å². The van der Waals surface area contributed by atoms with Gasteiger partial charge in [0.25, 0.3) is 5.91 Å². The van der Waals surface area contributed by atoms with Crippen molar-refractivity contribution in [1.82, 2.24) is 20.8 Å². The Morgan fingerprint density at radius 1 is 1.32 bits per heavy atom. The summed E-state index contributed by atoms with van der Waals surface area (Å²) in [5, 5.41) is 13.5. The molecule has 2 heterocycles. The van der Waals surface area contributed by atoms with Crippen LogP contribution in [0.5, 0.6) is 0 Å². The lowest BCUT2D eigenvalue weighted by molar-refractivity contribution is 0.0912. The largest absolute Gasteiger partial charge is 0.344 e. The van der Waals surface area contributed by atoms with E-state index in [1.807, 2.05) is 6.07 Å². The number of benzene rings is 1. The van der Waals surface area contributed by atoms with E-state index in [1.165, 1.54) is 6.07 Å². The minimum Gasteiger partial charge on any atom is -0.344 e. The van der Waals surface area contributed by atoms with E-state index in [2.05, 4.69) is 27.8 Å². The predicted octanol–water partition coefficient (Wildman–Crippen LogP) is 2.67. The Morgan fingerprint density at radius 3 is 3.00 bits per heavy atom.